The van der Waals surface area contributed by atoms with Gasteiger partial charge in [-0.1, -0.05) is 52.5 Å². The second-order valence-electron chi connectivity index (χ2n) is 6.33. The lowest BCUT2D eigenvalue weighted by molar-refractivity contribution is -0.122. The number of benzene rings is 1. The summed E-state index contributed by atoms with van der Waals surface area (Å²) < 4.78 is 29.1. The fraction of sp³-hybridized carbons (Fsp3) is 0.353. The zero-order chi connectivity index (χ0) is 18.9. The third-order valence-electron chi connectivity index (χ3n) is 4.29. The number of halogens is 2. The minimum absolute atomic E-state index is 0.0749. The van der Waals surface area contributed by atoms with Crippen LogP contribution < -0.4 is 5.73 Å². The Morgan fingerprint density at radius 2 is 1.92 bits per heavy atom. The van der Waals surface area contributed by atoms with E-state index in [1.165, 1.54) is 16.4 Å². The quantitative estimate of drug-likeness (QED) is 0.624. The molecule has 1 fully saturated rings. The average Bonchev–Trinajstić information content (AvgIpc) is 3.30. The van der Waals surface area contributed by atoms with Crippen LogP contribution in [-0.2, 0) is 21.4 Å². The number of sulfonamides is 1. The van der Waals surface area contributed by atoms with Crippen LogP contribution >= 0.6 is 38.9 Å². The van der Waals surface area contributed by atoms with Crippen LogP contribution in [0.2, 0.25) is 4.34 Å². The first-order chi connectivity index (χ1) is 12.3. The van der Waals surface area contributed by atoms with Crippen molar-refractivity contribution in [1.82, 2.24) is 4.31 Å². The van der Waals surface area contributed by atoms with Crippen LogP contribution in [0.4, 0.5) is 0 Å². The van der Waals surface area contributed by atoms with E-state index in [0.717, 1.165) is 34.2 Å². The largest absolute Gasteiger partial charge is 0.368 e. The van der Waals surface area contributed by atoms with Crippen LogP contribution in [0.3, 0.4) is 0 Å². The molecule has 3 rings (SSSR count). The maximum Gasteiger partial charge on any atom is 0.253 e. The molecule has 1 aliphatic rings. The molecule has 26 heavy (non-hydrogen) atoms. The van der Waals surface area contributed by atoms with Crippen LogP contribution in [-0.4, -0.2) is 24.7 Å². The normalized spacial score (nSPS) is 16.0. The van der Waals surface area contributed by atoms with Gasteiger partial charge >= 0.3 is 0 Å². The highest BCUT2D eigenvalue weighted by molar-refractivity contribution is 9.10. The van der Waals surface area contributed by atoms with Gasteiger partial charge in [0.25, 0.3) is 10.0 Å². The Labute approximate surface area is 170 Å². The number of nitrogens with two attached hydrogens (primary N) is 1. The lowest BCUT2D eigenvalue weighted by atomic mass is 10.1. The Morgan fingerprint density at radius 3 is 2.42 bits per heavy atom. The molecule has 0 radical (unpaired) electrons. The summed E-state index contributed by atoms with van der Waals surface area (Å²) in [6, 6.07) is 9.44. The van der Waals surface area contributed by atoms with Crippen LogP contribution in [0.5, 0.6) is 0 Å². The molecule has 1 amide bonds. The van der Waals surface area contributed by atoms with Gasteiger partial charge in [0.1, 0.15) is 10.3 Å². The summed E-state index contributed by atoms with van der Waals surface area (Å²) in [6.07, 6.45) is 2.45. The molecule has 1 heterocycles. The van der Waals surface area contributed by atoms with Crippen molar-refractivity contribution < 1.29 is 13.2 Å². The first kappa shape index (κ1) is 19.8. The van der Waals surface area contributed by atoms with Gasteiger partial charge in [0.05, 0.1) is 4.34 Å². The van der Waals surface area contributed by atoms with E-state index in [1.54, 1.807) is 0 Å². The summed E-state index contributed by atoms with van der Waals surface area (Å²) in [4.78, 5) is 12.1. The van der Waals surface area contributed by atoms with Gasteiger partial charge < -0.3 is 5.73 Å². The van der Waals surface area contributed by atoms with Gasteiger partial charge in [0.2, 0.25) is 5.91 Å². The van der Waals surface area contributed by atoms with Gasteiger partial charge in [-0.15, -0.1) is 11.3 Å². The van der Waals surface area contributed by atoms with Crippen molar-refractivity contribution in [3.05, 3.63) is 50.8 Å². The molecule has 140 valence electrons. The summed E-state index contributed by atoms with van der Waals surface area (Å²) in [5, 5.41) is 0. The molecule has 0 unspecified atom stereocenters. The second-order valence-corrected chi connectivity index (χ2v) is 11.1. The van der Waals surface area contributed by atoms with Crippen molar-refractivity contribution >= 4 is 54.8 Å². The van der Waals surface area contributed by atoms with E-state index in [4.69, 9.17) is 17.3 Å². The zero-order valence-corrected chi connectivity index (χ0v) is 17.7. The summed E-state index contributed by atoms with van der Waals surface area (Å²) in [6.45, 7) is 0.0749. The molecule has 0 bridgehead atoms. The fourth-order valence-electron chi connectivity index (χ4n) is 2.73. The van der Waals surface area contributed by atoms with Gasteiger partial charge in [0, 0.05) is 11.0 Å². The molecule has 2 N–H and O–H groups in total. The fourth-order valence-corrected chi connectivity index (χ4v) is 6.20. The van der Waals surface area contributed by atoms with E-state index in [2.05, 4.69) is 15.9 Å². The monoisotopic (exact) mass is 476 g/mol. The lowest BCUT2D eigenvalue weighted by Crippen LogP contribution is -2.47. The highest BCUT2D eigenvalue weighted by Crippen LogP contribution is 2.37. The highest BCUT2D eigenvalue weighted by Gasteiger charge is 2.39. The molecule has 1 aliphatic carbocycles. The van der Waals surface area contributed by atoms with Gasteiger partial charge in [-0.05, 0) is 42.2 Å². The Bertz CT molecular complexity index is 895. The van der Waals surface area contributed by atoms with E-state index in [9.17, 15) is 13.2 Å². The van der Waals surface area contributed by atoms with Gasteiger partial charge in [0.15, 0.2) is 0 Å². The predicted octanol–water partition coefficient (Wildman–Crippen LogP) is 4.01. The van der Waals surface area contributed by atoms with Crippen molar-refractivity contribution in [2.75, 3.05) is 0 Å². The molecule has 1 atom stereocenters. The Balaban J connectivity index is 1.98. The van der Waals surface area contributed by atoms with Crippen LogP contribution in [0.25, 0.3) is 0 Å². The molecule has 2 aromatic rings. The number of nitrogens with zero attached hydrogens (tertiary/aromatic N) is 1. The van der Waals surface area contributed by atoms with Gasteiger partial charge in [-0.3, -0.25) is 4.79 Å². The molecular weight excluding hydrogens is 460 g/mol. The maximum absolute atomic E-state index is 13.2. The highest BCUT2D eigenvalue weighted by atomic mass is 79.9. The number of primary amides is 1. The van der Waals surface area contributed by atoms with Crippen molar-refractivity contribution in [2.45, 2.75) is 36.1 Å². The van der Waals surface area contributed by atoms with Crippen molar-refractivity contribution in [3.8, 4) is 0 Å². The van der Waals surface area contributed by atoms with E-state index in [1.807, 2.05) is 24.3 Å². The first-order valence-electron chi connectivity index (χ1n) is 8.08. The smallest absolute Gasteiger partial charge is 0.253 e. The van der Waals surface area contributed by atoms with E-state index < -0.39 is 22.0 Å². The molecule has 0 spiro atoms. The van der Waals surface area contributed by atoms with Crippen molar-refractivity contribution in [1.29, 1.82) is 0 Å². The molecule has 5 nitrogen and oxygen atoms in total. The van der Waals surface area contributed by atoms with Crippen molar-refractivity contribution in [2.24, 2.45) is 11.7 Å². The van der Waals surface area contributed by atoms with Crippen LogP contribution in [0, 0.1) is 5.92 Å². The Hall–Kier alpha value is -0.930. The van der Waals surface area contributed by atoms with Gasteiger partial charge in [-0.2, -0.15) is 4.31 Å². The van der Waals surface area contributed by atoms with E-state index in [-0.39, 0.29) is 10.8 Å². The molecule has 1 aromatic carbocycles. The summed E-state index contributed by atoms with van der Waals surface area (Å²) in [7, 11) is -3.90. The Kier molecular flexibility index (Phi) is 6.08. The number of thiophene rings is 1. The van der Waals surface area contributed by atoms with Crippen molar-refractivity contribution in [3.63, 3.8) is 0 Å². The molecule has 0 aliphatic heterocycles. The van der Waals surface area contributed by atoms with Crippen LogP contribution in [0.15, 0.2) is 45.1 Å². The summed E-state index contributed by atoms with van der Waals surface area (Å²) in [5.41, 5.74) is 6.38. The Morgan fingerprint density at radius 1 is 1.27 bits per heavy atom. The van der Waals surface area contributed by atoms with Crippen LogP contribution in [0.1, 0.15) is 24.8 Å². The standard InChI is InChI=1S/C17H18BrClN2O3S2/c18-13-5-3-12(4-6-13)10-21(14(17(20)22)9-11-1-2-11)26(23,24)16-8-7-15(19)25-16/h3-8,11,14H,1-2,9-10H2,(H2,20,22)/t14-/m1/s1. The number of hydrogen-bond acceptors (Lipinski definition) is 4. The van der Waals surface area contributed by atoms with E-state index >= 15 is 0 Å². The average molecular weight is 478 g/mol. The molecule has 1 saturated carbocycles. The minimum atomic E-state index is -3.90. The maximum atomic E-state index is 13.2. The predicted molar refractivity (Wildman–Crippen MR) is 107 cm³/mol. The summed E-state index contributed by atoms with van der Waals surface area (Å²) in [5.74, 6) is -0.276. The van der Waals surface area contributed by atoms with Gasteiger partial charge in [-0.25, -0.2) is 8.42 Å². The summed E-state index contributed by atoms with van der Waals surface area (Å²) >= 11 is 10.3. The molecule has 9 heteroatoms. The molecular formula is C17H18BrClN2O3S2. The number of rotatable bonds is 8. The third kappa shape index (κ3) is 4.67. The first-order valence-corrected chi connectivity index (χ1v) is 11.5. The minimum Gasteiger partial charge on any atom is -0.368 e. The van der Waals surface area contributed by atoms with E-state index in [0.29, 0.717) is 16.7 Å². The number of carbonyl (C=O) groups is 1. The molecule has 0 saturated heterocycles. The second kappa shape index (κ2) is 7.98. The lowest BCUT2D eigenvalue weighted by Gasteiger charge is -2.28. The SMILES string of the molecule is NC(=O)[C@@H](CC1CC1)N(Cc1ccc(Br)cc1)S(=O)(=O)c1ccc(Cl)s1. The molecule has 1 aromatic heterocycles. The zero-order valence-electron chi connectivity index (χ0n) is 13.8. The number of hydrogen-bond donors (Lipinski definition) is 1. The number of amides is 1. The number of carbonyl (C=O) groups excluding carboxylic acids is 1. The third-order valence-corrected chi connectivity index (χ3v) is 8.37. The topological polar surface area (TPSA) is 80.5 Å².